The fourth-order valence-corrected chi connectivity index (χ4v) is 3.92. The molecule has 33 heavy (non-hydrogen) atoms. The quantitative estimate of drug-likeness (QED) is 0.562. The van der Waals surface area contributed by atoms with Crippen LogP contribution in [0.2, 0.25) is 0 Å². The van der Waals surface area contributed by atoms with E-state index in [1.165, 1.54) is 6.92 Å². The zero-order chi connectivity index (χ0) is 23.8. The Bertz CT molecular complexity index is 1150. The summed E-state index contributed by atoms with van der Waals surface area (Å²) < 4.78 is 44.1. The molecule has 1 amide bonds. The highest BCUT2D eigenvalue weighted by Gasteiger charge is 2.35. The molecule has 0 radical (unpaired) electrons. The summed E-state index contributed by atoms with van der Waals surface area (Å²) in [4.78, 5) is 28.9. The standard InChI is InChI=1S/C24H19F3N2O4/c1-14(22(30)31)29(21-11-10-15(12-28-21)24(25,26)27)23(32)33-13-20-18-8-4-2-6-16(18)17-7-3-5-9-19(17)20/h2-12,14,20H,13H2,1H3,(H,30,31). The summed E-state index contributed by atoms with van der Waals surface area (Å²) in [7, 11) is 0. The molecule has 1 aliphatic rings. The second-order valence-corrected chi connectivity index (χ2v) is 7.59. The predicted molar refractivity (Wildman–Crippen MR) is 114 cm³/mol. The number of hydrogen-bond donors (Lipinski definition) is 1. The second-order valence-electron chi connectivity index (χ2n) is 7.59. The van der Waals surface area contributed by atoms with E-state index >= 15 is 0 Å². The van der Waals surface area contributed by atoms with Gasteiger partial charge in [-0.2, -0.15) is 13.2 Å². The van der Waals surface area contributed by atoms with Crippen LogP contribution in [-0.2, 0) is 15.7 Å². The number of aromatic nitrogens is 1. The lowest BCUT2D eigenvalue weighted by molar-refractivity contribution is -0.139. The lowest BCUT2D eigenvalue weighted by Crippen LogP contribution is -2.44. The number of amides is 1. The maximum Gasteiger partial charge on any atom is 0.417 e. The average Bonchev–Trinajstić information content (AvgIpc) is 3.11. The number of carboxylic acids is 1. The number of carbonyl (C=O) groups excluding carboxylic acids is 1. The molecule has 1 unspecified atom stereocenters. The lowest BCUT2D eigenvalue weighted by Gasteiger charge is -2.26. The summed E-state index contributed by atoms with van der Waals surface area (Å²) >= 11 is 0. The third-order valence-corrected chi connectivity index (χ3v) is 5.60. The Kier molecular flexibility index (Phi) is 5.80. The number of anilines is 1. The Morgan fingerprint density at radius 1 is 1.03 bits per heavy atom. The number of nitrogens with zero attached hydrogens (tertiary/aromatic N) is 2. The molecule has 0 fully saturated rings. The first-order chi connectivity index (χ1) is 15.7. The molecule has 9 heteroatoms. The molecular formula is C24H19F3N2O4. The van der Waals surface area contributed by atoms with Crippen LogP contribution in [-0.4, -0.2) is 34.8 Å². The van der Waals surface area contributed by atoms with Gasteiger partial charge in [-0.1, -0.05) is 48.5 Å². The number of carbonyl (C=O) groups is 2. The Balaban J connectivity index is 1.59. The first-order valence-electron chi connectivity index (χ1n) is 10.1. The van der Waals surface area contributed by atoms with Gasteiger partial charge in [0.25, 0.3) is 0 Å². The molecule has 0 aliphatic heterocycles. The average molecular weight is 456 g/mol. The molecule has 1 atom stereocenters. The highest BCUT2D eigenvalue weighted by atomic mass is 19.4. The van der Waals surface area contributed by atoms with Crippen molar-refractivity contribution in [2.45, 2.75) is 25.1 Å². The summed E-state index contributed by atoms with van der Waals surface area (Å²) in [6.07, 6.45) is -5.08. The summed E-state index contributed by atoms with van der Waals surface area (Å²) in [5, 5.41) is 9.43. The van der Waals surface area contributed by atoms with E-state index in [4.69, 9.17) is 4.74 Å². The van der Waals surface area contributed by atoms with Gasteiger partial charge < -0.3 is 9.84 Å². The van der Waals surface area contributed by atoms with Gasteiger partial charge in [0.15, 0.2) is 0 Å². The number of benzene rings is 2. The Labute approximate surface area is 187 Å². The molecule has 4 rings (SSSR count). The summed E-state index contributed by atoms with van der Waals surface area (Å²) in [5.41, 5.74) is 2.97. The maximum absolute atomic E-state index is 12.9. The van der Waals surface area contributed by atoms with Crippen molar-refractivity contribution in [2.75, 3.05) is 11.5 Å². The van der Waals surface area contributed by atoms with Crippen LogP contribution in [0, 0.1) is 0 Å². The molecule has 0 saturated heterocycles. The molecule has 6 nitrogen and oxygen atoms in total. The zero-order valence-corrected chi connectivity index (χ0v) is 17.4. The fraction of sp³-hybridized carbons (Fsp3) is 0.208. The van der Waals surface area contributed by atoms with Gasteiger partial charge in [-0.05, 0) is 41.3 Å². The van der Waals surface area contributed by atoms with E-state index in [0.717, 1.165) is 39.3 Å². The van der Waals surface area contributed by atoms with E-state index in [1.807, 2.05) is 48.5 Å². The van der Waals surface area contributed by atoms with Crippen LogP contribution in [0.1, 0.15) is 29.5 Å². The van der Waals surface area contributed by atoms with Gasteiger partial charge in [0.2, 0.25) is 0 Å². The summed E-state index contributed by atoms with van der Waals surface area (Å²) in [6, 6.07) is 15.7. The van der Waals surface area contributed by atoms with Gasteiger partial charge in [-0.3, -0.25) is 0 Å². The van der Waals surface area contributed by atoms with Gasteiger partial charge in [-0.15, -0.1) is 0 Å². The Hall–Kier alpha value is -3.88. The molecule has 170 valence electrons. The largest absolute Gasteiger partial charge is 0.480 e. The van der Waals surface area contributed by atoms with Gasteiger partial charge in [0.05, 0.1) is 5.56 Å². The Morgan fingerprint density at radius 2 is 1.61 bits per heavy atom. The van der Waals surface area contributed by atoms with Crippen LogP contribution < -0.4 is 4.90 Å². The number of halogens is 3. The van der Waals surface area contributed by atoms with Crippen molar-refractivity contribution in [3.63, 3.8) is 0 Å². The van der Waals surface area contributed by atoms with Gasteiger partial charge in [0.1, 0.15) is 18.5 Å². The number of hydrogen-bond acceptors (Lipinski definition) is 4. The molecule has 0 bridgehead atoms. The number of rotatable bonds is 5. The minimum atomic E-state index is -4.61. The first-order valence-corrected chi connectivity index (χ1v) is 10.1. The van der Waals surface area contributed by atoms with Crippen LogP contribution in [0.25, 0.3) is 11.1 Å². The zero-order valence-electron chi connectivity index (χ0n) is 17.4. The molecule has 3 aromatic rings. The van der Waals surface area contributed by atoms with Crippen LogP contribution in [0.3, 0.4) is 0 Å². The topological polar surface area (TPSA) is 79.7 Å². The molecule has 1 N–H and O–H groups in total. The van der Waals surface area contributed by atoms with Crippen LogP contribution in [0.4, 0.5) is 23.8 Å². The van der Waals surface area contributed by atoms with E-state index in [1.54, 1.807) is 0 Å². The Morgan fingerprint density at radius 3 is 2.09 bits per heavy atom. The number of alkyl halides is 3. The van der Waals surface area contributed by atoms with Crippen molar-refractivity contribution in [2.24, 2.45) is 0 Å². The number of ether oxygens (including phenoxy) is 1. The van der Waals surface area contributed by atoms with Gasteiger partial charge >= 0.3 is 18.2 Å². The summed E-state index contributed by atoms with van der Waals surface area (Å²) in [6.45, 7) is 1.15. The molecule has 1 aliphatic carbocycles. The van der Waals surface area contributed by atoms with Crippen molar-refractivity contribution < 1.29 is 32.6 Å². The highest BCUT2D eigenvalue weighted by Crippen LogP contribution is 2.44. The van der Waals surface area contributed by atoms with Crippen LogP contribution in [0.15, 0.2) is 66.9 Å². The minimum absolute atomic E-state index is 0.0731. The van der Waals surface area contributed by atoms with Crippen molar-refractivity contribution in [3.05, 3.63) is 83.6 Å². The van der Waals surface area contributed by atoms with Crippen LogP contribution in [0.5, 0.6) is 0 Å². The number of pyridine rings is 1. The molecule has 0 spiro atoms. The van der Waals surface area contributed by atoms with Crippen molar-refractivity contribution in [1.82, 2.24) is 4.98 Å². The number of carboxylic acid groups (broad SMARTS) is 1. The smallest absolute Gasteiger partial charge is 0.417 e. The SMILES string of the molecule is CC(C(=O)O)N(C(=O)OCC1c2ccccc2-c2ccccc21)c1ccc(C(F)(F)F)cn1. The molecule has 0 saturated carbocycles. The van der Waals surface area contributed by atoms with E-state index in [-0.39, 0.29) is 18.3 Å². The lowest BCUT2D eigenvalue weighted by atomic mass is 9.98. The van der Waals surface area contributed by atoms with E-state index in [2.05, 4.69) is 4.98 Å². The third kappa shape index (κ3) is 4.26. The minimum Gasteiger partial charge on any atom is -0.480 e. The van der Waals surface area contributed by atoms with Crippen molar-refractivity contribution in [1.29, 1.82) is 0 Å². The second kappa shape index (κ2) is 8.57. The fourth-order valence-electron chi connectivity index (χ4n) is 3.92. The monoisotopic (exact) mass is 456 g/mol. The van der Waals surface area contributed by atoms with Crippen molar-refractivity contribution in [3.8, 4) is 11.1 Å². The summed E-state index contributed by atoms with van der Waals surface area (Å²) in [5.74, 6) is -1.87. The highest BCUT2D eigenvalue weighted by molar-refractivity contribution is 5.94. The molecular weight excluding hydrogens is 437 g/mol. The third-order valence-electron chi connectivity index (χ3n) is 5.60. The molecule has 2 aromatic carbocycles. The van der Waals surface area contributed by atoms with Crippen molar-refractivity contribution >= 4 is 17.9 Å². The normalized spacial score (nSPS) is 13.7. The molecule has 1 aromatic heterocycles. The van der Waals surface area contributed by atoms with E-state index in [9.17, 15) is 27.9 Å². The van der Waals surface area contributed by atoms with Gasteiger partial charge in [0, 0.05) is 12.1 Å². The number of fused-ring (bicyclic) bond motifs is 3. The first kappa shape index (κ1) is 22.3. The van der Waals surface area contributed by atoms with E-state index in [0.29, 0.717) is 6.20 Å². The number of aliphatic carboxylic acids is 1. The van der Waals surface area contributed by atoms with E-state index < -0.39 is 29.8 Å². The van der Waals surface area contributed by atoms with Crippen LogP contribution >= 0.6 is 0 Å². The predicted octanol–water partition coefficient (Wildman–Crippen LogP) is 5.33. The van der Waals surface area contributed by atoms with Gasteiger partial charge in [-0.25, -0.2) is 19.5 Å². The maximum atomic E-state index is 12.9. The molecule has 1 heterocycles.